The number of hydrogen-bond donors (Lipinski definition) is 1. The van der Waals surface area contributed by atoms with Crippen molar-refractivity contribution in [3.05, 3.63) is 11.7 Å². The van der Waals surface area contributed by atoms with Crippen molar-refractivity contribution in [1.29, 1.82) is 0 Å². The maximum absolute atomic E-state index is 5.81. The molecule has 1 heterocycles. The molecular weight excluding hydrogens is 178 g/mol. The van der Waals surface area contributed by atoms with Crippen molar-refractivity contribution in [2.45, 2.75) is 45.1 Å². The van der Waals surface area contributed by atoms with Gasteiger partial charge in [-0.3, -0.25) is 0 Å². The first-order valence-electron chi connectivity index (χ1n) is 5.29. The van der Waals surface area contributed by atoms with Crippen LogP contribution in [-0.4, -0.2) is 10.1 Å². The quantitative estimate of drug-likeness (QED) is 0.801. The first kappa shape index (κ1) is 9.65. The standard InChI is InChI=1S/C10H17N3O/c1-3-8(11)9-12-10(14-13-9)7-4-6(2)5-7/h6-8H,3-5,11H2,1-2H3. The molecule has 1 aromatic heterocycles. The molecule has 0 aromatic carbocycles. The van der Waals surface area contributed by atoms with Crippen LogP contribution >= 0.6 is 0 Å². The second-order valence-corrected chi connectivity index (χ2v) is 4.28. The van der Waals surface area contributed by atoms with Gasteiger partial charge in [-0.2, -0.15) is 4.98 Å². The molecule has 0 amide bonds. The minimum atomic E-state index is -0.0787. The molecule has 0 saturated heterocycles. The maximum atomic E-state index is 5.81. The molecule has 0 spiro atoms. The van der Waals surface area contributed by atoms with Crippen molar-refractivity contribution >= 4 is 0 Å². The van der Waals surface area contributed by atoms with Crippen molar-refractivity contribution in [3.8, 4) is 0 Å². The molecule has 0 aliphatic heterocycles. The Morgan fingerprint density at radius 3 is 2.86 bits per heavy atom. The van der Waals surface area contributed by atoms with Gasteiger partial charge in [0.15, 0.2) is 5.82 Å². The van der Waals surface area contributed by atoms with Gasteiger partial charge in [-0.05, 0) is 25.2 Å². The van der Waals surface area contributed by atoms with E-state index >= 15 is 0 Å². The van der Waals surface area contributed by atoms with E-state index in [2.05, 4.69) is 17.1 Å². The van der Waals surface area contributed by atoms with E-state index in [1.165, 1.54) is 12.8 Å². The smallest absolute Gasteiger partial charge is 0.229 e. The van der Waals surface area contributed by atoms with Crippen molar-refractivity contribution in [3.63, 3.8) is 0 Å². The average Bonchev–Trinajstić information content (AvgIpc) is 2.60. The lowest BCUT2D eigenvalue weighted by atomic mass is 9.76. The van der Waals surface area contributed by atoms with Gasteiger partial charge in [-0.15, -0.1) is 0 Å². The van der Waals surface area contributed by atoms with Gasteiger partial charge < -0.3 is 10.3 Å². The summed E-state index contributed by atoms with van der Waals surface area (Å²) in [4.78, 5) is 4.33. The largest absolute Gasteiger partial charge is 0.339 e. The highest BCUT2D eigenvalue weighted by Crippen LogP contribution is 2.40. The Hall–Kier alpha value is -0.900. The highest BCUT2D eigenvalue weighted by Gasteiger charge is 2.31. The van der Waals surface area contributed by atoms with Gasteiger partial charge in [-0.1, -0.05) is 19.0 Å². The minimum Gasteiger partial charge on any atom is -0.339 e. The molecule has 0 bridgehead atoms. The topological polar surface area (TPSA) is 64.9 Å². The molecule has 78 valence electrons. The summed E-state index contributed by atoms with van der Waals surface area (Å²) in [5, 5.41) is 3.90. The van der Waals surface area contributed by atoms with Crippen LogP contribution < -0.4 is 5.73 Å². The van der Waals surface area contributed by atoms with Crippen LogP contribution in [0.25, 0.3) is 0 Å². The van der Waals surface area contributed by atoms with Crippen LogP contribution in [0.2, 0.25) is 0 Å². The highest BCUT2D eigenvalue weighted by atomic mass is 16.5. The first-order chi connectivity index (χ1) is 6.70. The predicted molar refractivity (Wildman–Crippen MR) is 52.7 cm³/mol. The molecule has 14 heavy (non-hydrogen) atoms. The molecule has 1 fully saturated rings. The normalized spacial score (nSPS) is 28.5. The van der Waals surface area contributed by atoms with Gasteiger partial charge in [0.2, 0.25) is 5.89 Å². The fraction of sp³-hybridized carbons (Fsp3) is 0.800. The lowest BCUT2D eigenvalue weighted by Crippen LogP contribution is -2.19. The molecule has 1 unspecified atom stereocenters. The van der Waals surface area contributed by atoms with Crippen molar-refractivity contribution in [1.82, 2.24) is 10.1 Å². The molecule has 2 N–H and O–H groups in total. The fourth-order valence-corrected chi connectivity index (χ4v) is 1.85. The summed E-state index contributed by atoms with van der Waals surface area (Å²) in [6.45, 7) is 4.26. The number of nitrogens with zero attached hydrogens (tertiary/aromatic N) is 2. The van der Waals surface area contributed by atoms with Crippen molar-refractivity contribution < 1.29 is 4.52 Å². The predicted octanol–water partition coefficient (Wildman–Crippen LogP) is 1.99. The van der Waals surface area contributed by atoms with E-state index in [0.29, 0.717) is 11.7 Å². The molecule has 1 atom stereocenters. The van der Waals surface area contributed by atoms with E-state index in [1.54, 1.807) is 0 Å². The zero-order valence-electron chi connectivity index (χ0n) is 8.73. The number of hydrogen-bond acceptors (Lipinski definition) is 4. The molecule has 1 saturated carbocycles. The van der Waals surface area contributed by atoms with Crippen LogP contribution in [0.4, 0.5) is 0 Å². The van der Waals surface area contributed by atoms with Crippen LogP contribution in [0.3, 0.4) is 0 Å². The molecule has 1 aliphatic carbocycles. The second-order valence-electron chi connectivity index (χ2n) is 4.28. The van der Waals surface area contributed by atoms with Gasteiger partial charge >= 0.3 is 0 Å². The lowest BCUT2D eigenvalue weighted by Gasteiger charge is -2.29. The Balaban J connectivity index is 2.03. The number of rotatable bonds is 3. The third-order valence-corrected chi connectivity index (χ3v) is 2.95. The lowest BCUT2D eigenvalue weighted by molar-refractivity contribution is 0.227. The molecule has 4 nitrogen and oxygen atoms in total. The third-order valence-electron chi connectivity index (χ3n) is 2.95. The van der Waals surface area contributed by atoms with Gasteiger partial charge in [0.1, 0.15) is 0 Å². The maximum Gasteiger partial charge on any atom is 0.229 e. The summed E-state index contributed by atoms with van der Waals surface area (Å²) in [7, 11) is 0. The average molecular weight is 195 g/mol. The zero-order valence-corrected chi connectivity index (χ0v) is 8.73. The van der Waals surface area contributed by atoms with Crippen LogP contribution in [0, 0.1) is 5.92 Å². The SMILES string of the molecule is CCC(N)c1noc(C2CC(C)C2)n1. The molecule has 4 heteroatoms. The zero-order chi connectivity index (χ0) is 10.1. The molecule has 1 aromatic rings. The summed E-state index contributed by atoms with van der Waals surface area (Å²) in [5.41, 5.74) is 5.81. The van der Waals surface area contributed by atoms with E-state index in [1.807, 2.05) is 6.92 Å². The molecule has 1 aliphatic rings. The number of nitrogens with two attached hydrogens (primary N) is 1. The molecule has 2 rings (SSSR count). The molecular formula is C10H17N3O. The fourth-order valence-electron chi connectivity index (χ4n) is 1.85. The summed E-state index contributed by atoms with van der Waals surface area (Å²) in [6, 6.07) is -0.0787. The van der Waals surface area contributed by atoms with Crippen LogP contribution in [0.15, 0.2) is 4.52 Å². The van der Waals surface area contributed by atoms with E-state index in [4.69, 9.17) is 10.3 Å². The van der Waals surface area contributed by atoms with E-state index in [-0.39, 0.29) is 6.04 Å². The summed E-state index contributed by atoms with van der Waals surface area (Å²) in [6.07, 6.45) is 3.19. The summed E-state index contributed by atoms with van der Waals surface area (Å²) < 4.78 is 5.20. The Kier molecular flexibility index (Phi) is 2.54. The minimum absolute atomic E-state index is 0.0787. The van der Waals surface area contributed by atoms with Crippen LogP contribution in [-0.2, 0) is 0 Å². The van der Waals surface area contributed by atoms with Crippen molar-refractivity contribution in [2.24, 2.45) is 11.7 Å². The van der Waals surface area contributed by atoms with Crippen LogP contribution in [0.5, 0.6) is 0 Å². The van der Waals surface area contributed by atoms with Gasteiger partial charge in [0, 0.05) is 5.92 Å². The van der Waals surface area contributed by atoms with Gasteiger partial charge in [0.25, 0.3) is 0 Å². The number of aromatic nitrogens is 2. The molecule has 0 radical (unpaired) electrons. The Labute approximate surface area is 83.9 Å². The monoisotopic (exact) mass is 195 g/mol. The highest BCUT2D eigenvalue weighted by molar-refractivity contribution is 5.02. The van der Waals surface area contributed by atoms with E-state index in [9.17, 15) is 0 Å². The first-order valence-corrected chi connectivity index (χ1v) is 5.29. The van der Waals surface area contributed by atoms with Gasteiger partial charge in [0.05, 0.1) is 6.04 Å². The summed E-state index contributed by atoms with van der Waals surface area (Å²) >= 11 is 0. The Bertz CT molecular complexity index is 304. The second kappa shape index (κ2) is 3.69. The Morgan fingerprint density at radius 2 is 2.29 bits per heavy atom. The van der Waals surface area contributed by atoms with E-state index < -0.39 is 0 Å². The van der Waals surface area contributed by atoms with Gasteiger partial charge in [-0.25, -0.2) is 0 Å². The van der Waals surface area contributed by atoms with Crippen LogP contribution in [0.1, 0.15) is 56.8 Å². The third kappa shape index (κ3) is 1.66. The summed E-state index contributed by atoms with van der Waals surface area (Å²) in [5.74, 6) is 2.72. The van der Waals surface area contributed by atoms with Crippen molar-refractivity contribution in [2.75, 3.05) is 0 Å². The van der Waals surface area contributed by atoms with E-state index in [0.717, 1.165) is 18.2 Å². The Morgan fingerprint density at radius 1 is 1.57 bits per heavy atom.